The first kappa shape index (κ1) is 14.6. The maximum atomic E-state index is 6.15. The van der Waals surface area contributed by atoms with Gasteiger partial charge in [0, 0.05) is 32.2 Å². The van der Waals surface area contributed by atoms with Crippen molar-refractivity contribution in [3.63, 3.8) is 0 Å². The third kappa shape index (κ3) is 3.85. The molecule has 4 heteroatoms. The van der Waals surface area contributed by atoms with Gasteiger partial charge in [0.1, 0.15) is 0 Å². The van der Waals surface area contributed by atoms with E-state index in [1.807, 2.05) is 0 Å². The number of hydrogen-bond acceptors (Lipinski definition) is 2. The number of guanidine groups is 1. The molecule has 2 heterocycles. The summed E-state index contributed by atoms with van der Waals surface area (Å²) in [5, 5.41) is 0. The van der Waals surface area contributed by atoms with Crippen LogP contribution in [0.5, 0.6) is 0 Å². The molecule has 2 rings (SSSR count). The number of ether oxygens (including phenoxy) is 1. The number of nitrogens with zero attached hydrogens (tertiary/aromatic N) is 2. The lowest BCUT2D eigenvalue weighted by molar-refractivity contribution is 0.0558. The molecule has 3 atom stereocenters. The van der Waals surface area contributed by atoms with Crippen LogP contribution in [0.3, 0.4) is 0 Å². The Morgan fingerprint density at radius 2 is 2.21 bits per heavy atom. The highest BCUT2D eigenvalue weighted by atomic mass is 16.5. The molecule has 2 saturated heterocycles. The molecule has 3 unspecified atom stereocenters. The summed E-state index contributed by atoms with van der Waals surface area (Å²) in [6.07, 6.45) is 4.03. The van der Waals surface area contributed by atoms with E-state index in [1.54, 1.807) is 0 Å². The SMILES string of the molecule is CC1CCCN(C(N)=NCC2CCOC2C(C)C)C1. The fourth-order valence-electron chi connectivity index (χ4n) is 3.30. The van der Waals surface area contributed by atoms with Gasteiger partial charge in [0.05, 0.1) is 6.10 Å². The second-order valence-electron chi connectivity index (χ2n) is 6.52. The second kappa shape index (κ2) is 6.60. The molecule has 2 aliphatic rings. The zero-order valence-corrected chi connectivity index (χ0v) is 12.6. The van der Waals surface area contributed by atoms with Crippen molar-refractivity contribution < 1.29 is 4.74 Å². The van der Waals surface area contributed by atoms with Crippen molar-refractivity contribution in [3.05, 3.63) is 0 Å². The third-order valence-corrected chi connectivity index (χ3v) is 4.39. The predicted octanol–water partition coefficient (Wildman–Crippen LogP) is 2.09. The lowest BCUT2D eigenvalue weighted by Crippen LogP contribution is -2.43. The maximum absolute atomic E-state index is 6.15. The molecule has 2 aliphatic heterocycles. The van der Waals surface area contributed by atoms with Crippen molar-refractivity contribution in [3.8, 4) is 0 Å². The molecule has 0 amide bonds. The van der Waals surface area contributed by atoms with Crippen LogP contribution < -0.4 is 5.73 Å². The van der Waals surface area contributed by atoms with Gasteiger partial charge in [0.15, 0.2) is 5.96 Å². The molecule has 19 heavy (non-hydrogen) atoms. The fourth-order valence-corrected chi connectivity index (χ4v) is 3.30. The van der Waals surface area contributed by atoms with Crippen LogP contribution in [0.2, 0.25) is 0 Å². The lowest BCUT2D eigenvalue weighted by atomic mass is 9.93. The molecule has 0 bridgehead atoms. The average Bonchev–Trinajstić information content (AvgIpc) is 2.84. The summed E-state index contributed by atoms with van der Waals surface area (Å²) in [7, 11) is 0. The number of piperidine rings is 1. The van der Waals surface area contributed by atoms with Gasteiger partial charge in [-0.2, -0.15) is 0 Å². The van der Waals surface area contributed by atoms with Crippen LogP contribution in [0, 0.1) is 17.8 Å². The van der Waals surface area contributed by atoms with E-state index in [4.69, 9.17) is 10.5 Å². The predicted molar refractivity (Wildman–Crippen MR) is 79.1 cm³/mol. The van der Waals surface area contributed by atoms with Crippen LogP contribution in [-0.4, -0.2) is 43.2 Å². The van der Waals surface area contributed by atoms with E-state index in [9.17, 15) is 0 Å². The van der Waals surface area contributed by atoms with Gasteiger partial charge in [0.25, 0.3) is 0 Å². The molecule has 0 aliphatic carbocycles. The Bertz CT molecular complexity index is 317. The van der Waals surface area contributed by atoms with E-state index in [0.717, 1.165) is 44.5 Å². The number of aliphatic imine (C=N–C) groups is 1. The van der Waals surface area contributed by atoms with Gasteiger partial charge < -0.3 is 15.4 Å². The van der Waals surface area contributed by atoms with Crippen molar-refractivity contribution in [2.24, 2.45) is 28.5 Å². The topological polar surface area (TPSA) is 50.8 Å². The quantitative estimate of drug-likeness (QED) is 0.629. The van der Waals surface area contributed by atoms with Crippen LogP contribution in [0.15, 0.2) is 4.99 Å². The first-order valence-corrected chi connectivity index (χ1v) is 7.74. The molecule has 0 spiro atoms. The molecule has 110 valence electrons. The van der Waals surface area contributed by atoms with Crippen molar-refractivity contribution in [2.75, 3.05) is 26.2 Å². The summed E-state index contributed by atoms with van der Waals surface area (Å²) in [5.41, 5.74) is 6.15. The number of hydrogen-bond donors (Lipinski definition) is 1. The van der Waals surface area contributed by atoms with E-state index in [1.165, 1.54) is 12.8 Å². The summed E-state index contributed by atoms with van der Waals surface area (Å²) >= 11 is 0. The molecule has 2 N–H and O–H groups in total. The normalized spacial score (nSPS) is 33.2. The van der Waals surface area contributed by atoms with E-state index < -0.39 is 0 Å². The minimum Gasteiger partial charge on any atom is -0.378 e. The molecule has 0 aromatic rings. The minimum absolute atomic E-state index is 0.358. The standard InChI is InChI=1S/C15H29N3O/c1-11(2)14-13(6-8-19-14)9-17-15(16)18-7-4-5-12(3)10-18/h11-14H,4-10H2,1-3H3,(H2,16,17). The van der Waals surface area contributed by atoms with Gasteiger partial charge in [-0.3, -0.25) is 4.99 Å². The van der Waals surface area contributed by atoms with Crippen molar-refractivity contribution in [1.29, 1.82) is 0 Å². The molecule has 0 radical (unpaired) electrons. The molecule has 2 fully saturated rings. The summed E-state index contributed by atoms with van der Waals surface area (Å²) in [5.74, 6) is 2.58. The Balaban J connectivity index is 1.87. The van der Waals surface area contributed by atoms with E-state index in [-0.39, 0.29) is 0 Å². The number of rotatable bonds is 3. The van der Waals surface area contributed by atoms with E-state index >= 15 is 0 Å². The molecule has 4 nitrogen and oxygen atoms in total. The van der Waals surface area contributed by atoms with Crippen LogP contribution in [-0.2, 0) is 4.74 Å². The lowest BCUT2D eigenvalue weighted by Gasteiger charge is -2.32. The van der Waals surface area contributed by atoms with Crippen LogP contribution in [0.4, 0.5) is 0 Å². The smallest absolute Gasteiger partial charge is 0.191 e. The summed E-state index contributed by atoms with van der Waals surface area (Å²) < 4.78 is 5.80. The number of likely N-dealkylation sites (tertiary alicyclic amines) is 1. The summed E-state index contributed by atoms with van der Waals surface area (Å²) in [4.78, 5) is 6.88. The zero-order valence-electron chi connectivity index (χ0n) is 12.6. The van der Waals surface area contributed by atoms with Crippen LogP contribution >= 0.6 is 0 Å². The fraction of sp³-hybridized carbons (Fsp3) is 0.933. The first-order chi connectivity index (χ1) is 9.08. The maximum Gasteiger partial charge on any atom is 0.191 e. The average molecular weight is 267 g/mol. The Morgan fingerprint density at radius 3 is 2.89 bits per heavy atom. The Hall–Kier alpha value is -0.770. The van der Waals surface area contributed by atoms with Crippen molar-refractivity contribution in [1.82, 2.24) is 4.90 Å². The van der Waals surface area contributed by atoms with Gasteiger partial charge in [-0.15, -0.1) is 0 Å². The largest absolute Gasteiger partial charge is 0.378 e. The summed E-state index contributed by atoms with van der Waals surface area (Å²) in [6.45, 7) is 10.6. The van der Waals surface area contributed by atoms with E-state index in [0.29, 0.717) is 17.9 Å². The minimum atomic E-state index is 0.358. The highest BCUT2D eigenvalue weighted by molar-refractivity contribution is 5.78. The summed E-state index contributed by atoms with van der Waals surface area (Å²) in [6, 6.07) is 0. The Kier molecular flexibility index (Phi) is 5.08. The monoisotopic (exact) mass is 267 g/mol. The number of nitrogens with two attached hydrogens (primary N) is 1. The van der Waals surface area contributed by atoms with Crippen LogP contribution in [0.1, 0.15) is 40.0 Å². The van der Waals surface area contributed by atoms with E-state index in [2.05, 4.69) is 30.7 Å². The first-order valence-electron chi connectivity index (χ1n) is 7.74. The molecular formula is C15H29N3O. The second-order valence-corrected chi connectivity index (χ2v) is 6.52. The van der Waals surface area contributed by atoms with Gasteiger partial charge in [0.2, 0.25) is 0 Å². The van der Waals surface area contributed by atoms with Gasteiger partial charge in [-0.25, -0.2) is 0 Å². The molecular weight excluding hydrogens is 238 g/mol. The van der Waals surface area contributed by atoms with Gasteiger partial charge in [-0.05, 0) is 31.1 Å². The van der Waals surface area contributed by atoms with Crippen LogP contribution in [0.25, 0.3) is 0 Å². The van der Waals surface area contributed by atoms with Gasteiger partial charge in [-0.1, -0.05) is 20.8 Å². The van der Waals surface area contributed by atoms with Crippen molar-refractivity contribution in [2.45, 2.75) is 46.1 Å². The van der Waals surface area contributed by atoms with Gasteiger partial charge >= 0.3 is 0 Å². The Labute approximate surface area is 117 Å². The Morgan fingerprint density at radius 1 is 1.42 bits per heavy atom. The molecule has 0 saturated carbocycles. The zero-order chi connectivity index (χ0) is 13.8. The molecule has 0 aromatic carbocycles. The highest BCUT2D eigenvalue weighted by Crippen LogP contribution is 2.27. The van der Waals surface area contributed by atoms with Crippen molar-refractivity contribution >= 4 is 5.96 Å². The highest BCUT2D eigenvalue weighted by Gasteiger charge is 2.30. The molecule has 0 aromatic heterocycles. The third-order valence-electron chi connectivity index (χ3n) is 4.39.